The van der Waals surface area contributed by atoms with Crippen molar-refractivity contribution in [3.8, 4) is 17.2 Å². The Bertz CT molecular complexity index is 1230. The van der Waals surface area contributed by atoms with E-state index in [0.29, 0.717) is 41.3 Å². The van der Waals surface area contributed by atoms with Gasteiger partial charge in [0.2, 0.25) is 0 Å². The molecule has 0 saturated heterocycles. The second-order valence-corrected chi connectivity index (χ2v) is 8.80. The van der Waals surface area contributed by atoms with Gasteiger partial charge in [0.25, 0.3) is 5.91 Å². The summed E-state index contributed by atoms with van der Waals surface area (Å²) in [6.07, 6.45) is 1.09. The van der Waals surface area contributed by atoms with E-state index in [4.69, 9.17) is 21.1 Å². The van der Waals surface area contributed by atoms with E-state index in [0.717, 1.165) is 6.42 Å². The topological polar surface area (TPSA) is 87.7 Å². The van der Waals surface area contributed by atoms with E-state index in [1.807, 2.05) is 0 Å². The fraction of sp³-hybridized carbons (Fsp3) is 0.259. The first-order valence-corrected chi connectivity index (χ1v) is 11.5. The number of benzene rings is 3. The maximum atomic E-state index is 12.5. The monoisotopic (exact) mass is 501 g/mol. The molecule has 1 amide bonds. The summed E-state index contributed by atoms with van der Waals surface area (Å²) >= 11 is 6.33. The van der Waals surface area contributed by atoms with Gasteiger partial charge in [-0.15, -0.1) is 0 Å². The van der Waals surface area contributed by atoms with Crippen LogP contribution in [-0.2, 0) is 11.2 Å². The number of hydrogen-bond acceptors (Lipinski definition) is 5. The zero-order valence-electron chi connectivity index (χ0n) is 20.0. The number of rotatable bonds is 7. The van der Waals surface area contributed by atoms with Gasteiger partial charge in [0.05, 0.1) is 11.6 Å². The first-order valence-electron chi connectivity index (χ1n) is 11.1. The Morgan fingerprint density at radius 3 is 2.54 bits per heavy atom. The van der Waals surface area contributed by atoms with Gasteiger partial charge >= 0.3 is 29.6 Å². The molecule has 1 N–H and O–H groups in total. The Balaban J connectivity index is 0.00000342. The van der Waals surface area contributed by atoms with E-state index in [9.17, 15) is 14.7 Å². The van der Waals surface area contributed by atoms with Gasteiger partial charge in [-0.3, -0.25) is 4.79 Å². The summed E-state index contributed by atoms with van der Waals surface area (Å²) in [4.78, 5) is 23.9. The van der Waals surface area contributed by atoms with Crippen LogP contribution in [0.1, 0.15) is 45.0 Å². The van der Waals surface area contributed by atoms with E-state index >= 15 is 0 Å². The summed E-state index contributed by atoms with van der Waals surface area (Å²) in [7, 11) is 0. The molecular formula is C27H25ClNNaO5. The first-order chi connectivity index (χ1) is 16.3. The average Bonchev–Trinajstić information content (AvgIpc) is 2.81. The molecule has 3 aromatic carbocycles. The molecule has 1 aliphatic heterocycles. The van der Waals surface area contributed by atoms with Crippen molar-refractivity contribution >= 4 is 23.5 Å². The van der Waals surface area contributed by atoms with Crippen LogP contribution in [0.4, 0.5) is 0 Å². The molecule has 35 heavy (non-hydrogen) atoms. The minimum Gasteiger partial charge on any atom is -0.549 e. The summed E-state index contributed by atoms with van der Waals surface area (Å²) in [6, 6.07) is 16.2. The molecule has 3 aromatic rings. The standard InChI is InChI=1S/C27H26ClNO5.Na/c1-16-3-4-18(17(2)13-16)9-11-29-26(30)19-5-7-20(8-6-19)34-25-15-24-22(14-23(25)28)21(27(31)32)10-12-33-24;/h3-8,13-15,21H,9-12H2,1-2H3,(H,29,30)(H,31,32);/q;+1/p-1. The molecule has 1 aliphatic rings. The predicted octanol–water partition coefficient (Wildman–Crippen LogP) is 1.34. The van der Waals surface area contributed by atoms with Crippen LogP contribution in [0.25, 0.3) is 0 Å². The van der Waals surface area contributed by atoms with Crippen molar-refractivity contribution in [2.45, 2.75) is 32.6 Å². The minimum absolute atomic E-state index is 0. The molecule has 8 heteroatoms. The molecule has 1 atom stereocenters. The van der Waals surface area contributed by atoms with Crippen molar-refractivity contribution in [3.05, 3.63) is 87.4 Å². The number of hydrogen-bond donors (Lipinski definition) is 1. The van der Waals surface area contributed by atoms with Gasteiger partial charge in [-0.05, 0) is 68.1 Å². The third kappa shape index (κ3) is 6.58. The molecule has 4 rings (SSSR count). The molecule has 0 fully saturated rings. The van der Waals surface area contributed by atoms with Crippen LogP contribution in [0.2, 0.25) is 5.02 Å². The van der Waals surface area contributed by atoms with Crippen molar-refractivity contribution in [1.82, 2.24) is 5.32 Å². The van der Waals surface area contributed by atoms with Crippen LogP contribution in [0.5, 0.6) is 17.2 Å². The largest absolute Gasteiger partial charge is 1.00 e. The van der Waals surface area contributed by atoms with Gasteiger partial charge in [-0.1, -0.05) is 35.4 Å². The number of fused-ring (bicyclic) bond motifs is 1. The van der Waals surface area contributed by atoms with E-state index in [-0.39, 0.29) is 47.1 Å². The number of carboxylic acid groups (broad SMARTS) is 1. The van der Waals surface area contributed by atoms with Crippen LogP contribution in [-0.4, -0.2) is 25.0 Å². The Morgan fingerprint density at radius 1 is 1.11 bits per heavy atom. The third-order valence-electron chi connectivity index (χ3n) is 5.91. The van der Waals surface area contributed by atoms with Crippen molar-refractivity contribution in [2.24, 2.45) is 0 Å². The fourth-order valence-corrected chi connectivity index (χ4v) is 4.26. The second kappa shape index (κ2) is 12.0. The summed E-state index contributed by atoms with van der Waals surface area (Å²) < 4.78 is 11.4. The van der Waals surface area contributed by atoms with E-state index in [1.165, 1.54) is 16.7 Å². The third-order valence-corrected chi connectivity index (χ3v) is 6.21. The molecule has 0 radical (unpaired) electrons. The van der Waals surface area contributed by atoms with E-state index in [2.05, 4.69) is 37.4 Å². The van der Waals surface area contributed by atoms with E-state index in [1.54, 1.807) is 36.4 Å². The number of carbonyl (C=O) groups excluding carboxylic acids is 2. The smallest absolute Gasteiger partial charge is 0.549 e. The number of ether oxygens (including phenoxy) is 2. The van der Waals surface area contributed by atoms with Gasteiger partial charge in [0, 0.05) is 35.6 Å². The van der Waals surface area contributed by atoms with Crippen LogP contribution >= 0.6 is 11.6 Å². The molecule has 0 saturated carbocycles. The maximum Gasteiger partial charge on any atom is 1.00 e. The molecule has 176 valence electrons. The van der Waals surface area contributed by atoms with Gasteiger partial charge in [0.15, 0.2) is 0 Å². The van der Waals surface area contributed by atoms with Gasteiger partial charge in [-0.25, -0.2) is 0 Å². The number of amides is 1. The average molecular weight is 502 g/mol. The van der Waals surface area contributed by atoms with Gasteiger partial charge < -0.3 is 24.7 Å². The molecule has 0 aliphatic carbocycles. The predicted molar refractivity (Wildman–Crippen MR) is 128 cm³/mol. The Hall–Kier alpha value is -2.51. The quantitative estimate of drug-likeness (QED) is 0.494. The normalized spacial score (nSPS) is 14.2. The number of carbonyl (C=O) groups is 2. The van der Waals surface area contributed by atoms with Crippen molar-refractivity contribution in [3.63, 3.8) is 0 Å². The zero-order chi connectivity index (χ0) is 24.2. The minimum atomic E-state index is -1.16. The number of carboxylic acids is 1. The molecule has 1 heterocycles. The summed E-state index contributed by atoms with van der Waals surface area (Å²) in [5, 5.41) is 14.6. The van der Waals surface area contributed by atoms with Crippen LogP contribution in [0.3, 0.4) is 0 Å². The SMILES string of the molecule is Cc1ccc(CCNC(=O)c2ccc(Oc3cc4c(cc3Cl)C(C(=O)[O-])CCO4)cc2)c(C)c1.[Na+]. The number of aryl methyl sites for hydroxylation is 2. The Kier molecular flexibility index (Phi) is 9.25. The summed E-state index contributed by atoms with van der Waals surface area (Å²) in [6.45, 7) is 4.95. The first kappa shape index (κ1) is 27.1. The van der Waals surface area contributed by atoms with Crippen LogP contribution < -0.4 is 49.5 Å². The van der Waals surface area contributed by atoms with Crippen molar-refractivity contribution < 1.29 is 53.7 Å². The van der Waals surface area contributed by atoms with Crippen molar-refractivity contribution in [1.29, 1.82) is 0 Å². The van der Waals surface area contributed by atoms with Crippen molar-refractivity contribution in [2.75, 3.05) is 13.2 Å². The number of nitrogens with one attached hydrogen (secondary N) is 1. The molecular weight excluding hydrogens is 477 g/mol. The van der Waals surface area contributed by atoms with E-state index < -0.39 is 11.9 Å². The molecule has 1 unspecified atom stereocenters. The summed E-state index contributed by atoms with van der Waals surface area (Å²) in [5.41, 5.74) is 4.66. The van der Waals surface area contributed by atoms with Crippen LogP contribution in [0, 0.1) is 13.8 Å². The van der Waals surface area contributed by atoms with Gasteiger partial charge in [-0.2, -0.15) is 0 Å². The molecule has 0 spiro atoms. The second-order valence-electron chi connectivity index (χ2n) is 8.39. The molecule has 6 nitrogen and oxygen atoms in total. The molecule has 0 bridgehead atoms. The number of aliphatic carboxylic acids is 1. The molecule has 0 aromatic heterocycles. The zero-order valence-corrected chi connectivity index (χ0v) is 22.8. The summed E-state index contributed by atoms with van der Waals surface area (Å²) in [5.74, 6) is -0.837. The maximum absolute atomic E-state index is 12.5. The Morgan fingerprint density at radius 2 is 1.86 bits per heavy atom. The number of halogens is 1. The van der Waals surface area contributed by atoms with Crippen LogP contribution in [0.15, 0.2) is 54.6 Å². The van der Waals surface area contributed by atoms with Gasteiger partial charge in [0.1, 0.15) is 17.2 Å². The fourth-order valence-electron chi connectivity index (χ4n) is 4.05. The Labute approximate surface area is 231 Å².